The summed E-state index contributed by atoms with van der Waals surface area (Å²) in [5.74, 6) is 0. The van der Waals surface area contributed by atoms with E-state index in [-0.39, 0.29) is 0 Å². The van der Waals surface area contributed by atoms with Crippen molar-refractivity contribution in [3.63, 3.8) is 0 Å². The van der Waals surface area contributed by atoms with Gasteiger partial charge in [-0.1, -0.05) is 53.5 Å². The van der Waals surface area contributed by atoms with Crippen LogP contribution in [0.25, 0.3) is 30.9 Å². The number of fused-ring (bicyclic) bond motifs is 5. The second-order valence-corrected chi connectivity index (χ2v) is 9.53. The number of hydrogen-bond acceptors (Lipinski definition) is 3. The molecule has 0 saturated carbocycles. The third-order valence-corrected chi connectivity index (χ3v) is 7.16. The van der Waals surface area contributed by atoms with Crippen LogP contribution in [0.4, 0.5) is 0 Å². The van der Waals surface area contributed by atoms with E-state index in [1.54, 1.807) is 25.2 Å². The molecule has 4 rings (SSSR count). The minimum atomic E-state index is -0.938. The normalized spacial score (nSPS) is 13.0. The molecule has 5 heteroatoms. The van der Waals surface area contributed by atoms with Gasteiger partial charge < -0.3 is 9.76 Å². The Balaban J connectivity index is 1.85. The Morgan fingerprint density at radius 1 is 1.00 bits per heavy atom. The van der Waals surface area contributed by atoms with Crippen molar-refractivity contribution >= 4 is 66.8 Å². The number of hydrogen-bond donors (Lipinski definition) is 1. The van der Waals surface area contributed by atoms with Gasteiger partial charge in [0.15, 0.2) is 0 Å². The van der Waals surface area contributed by atoms with Crippen molar-refractivity contribution in [2.24, 2.45) is 0 Å². The van der Waals surface area contributed by atoms with Crippen LogP contribution in [0.1, 0.15) is 27.7 Å². The SMILES string of the molecule is CC(C)(O)C(C)(C)OBc1cc(Cl)c2sc3ccc4ccccc4c3c2c1. The van der Waals surface area contributed by atoms with Gasteiger partial charge in [-0.25, -0.2) is 0 Å². The molecule has 0 unspecified atom stereocenters. The molecule has 1 aromatic heterocycles. The standard InChI is InChI=1S/C22H22BClO2S/c1-21(2,25)22(3,4)26-23-14-11-16-19-15-8-6-5-7-13(15)9-10-18(19)27-20(16)17(24)12-14/h5-12,23,25H,1-4H3. The second kappa shape index (κ2) is 6.49. The van der Waals surface area contributed by atoms with Crippen LogP contribution in [-0.2, 0) is 4.65 Å². The lowest BCUT2D eigenvalue weighted by Gasteiger charge is -2.37. The summed E-state index contributed by atoms with van der Waals surface area (Å²) in [5.41, 5.74) is -0.596. The molecule has 0 bridgehead atoms. The Morgan fingerprint density at radius 2 is 1.74 bits per heavy atom. The molecule has 0 aliphatic carbocycles. The van der Waals surface area contributed by atoms with E-state index < -0.39 is 11.2 Å². The van der Waals surface area contributed by atoms with Crippen molar-refractivity contribution in [2.45, 2.75) is 38.9 Å². The summed E-state index contributed by atoms with van der Waals surface area (Å²) in [6.07, 6.45) is 0. The van der Waals surface area contributed by atoms with Crippen LogP contribution in [0.3, 0.4) is 0 Å². The van der Waals surface area contributed by atoms with E-state index in [1.807, 2.05) is 19.9 Å². The van der Waals surface area contributed by atoms with E-state index in [1.165, 1.54) is 26.2 Å². The van der Waals surface area contributed by atoms with Gasteiger partial charge in [0.2, 0.25) is 0 Å². The Bertz CT molecular complexity index is 1160. The monoisotopic (exact) mass is 396 g/mol. The zero-order valence-corrected chi connectivity index (χ0v) is 17.5. The Morgan fingerprint density at radius 3 is 2.48 bits per heavy atom. The van der Waals surface area contributed by atoms with Gasteiger partial charge in [-0.15, -0.1) is 11.3 Å². The van der Waals surface area contributed by atoms with Gasteiger partial charge in [0.25, 0.3) is 0 Å². The average molecular weight is 397 g/mol. The molecular weight excluding hydrogens is 375 g/mol. The summed E-state index contributed by atoms with van der Waals surface area (Å²) in [6, 6.07) is 16.9. The molecule has 138 valence electrons. The molecule has 0 atom stereocenters. The van der Waals surface area contributed by atoms with Crippen molar-refractivity contribution < 1.29 is 9.76 Å². The molecule has 27 heavy (non-hydrogen) atoms. The van der Waals surface area contributed by atoms with Crippen LogP contribution < -0.4 is 5.46 Å². The summed E-state index contributed by atoms with van der Waals surface area (Å²) >= 11 is 8.36. The zero-order valence-electron chi connectivity index (χ0n) is 16.0. The molecule has 0 fully saturated rings. The van der Waals surface area contributed by atoms with Gasteiger partial charge in [0.05, 0.1) is 20.9 Å². The molecule has 0 saturated heterocycles. The lowest BCUT2D eigenvalue weighted by atomic mass is 9.82. The molecule has 3 aromatic carbocycles. The molecule has 4 aromatic rings. The van der Waals surface area contributed by atoms with Gasteiger partial charge >= 0.3 is 7.48 Å². The molecular formula is C22H22BClO2S. The summed E-state index contributed by atoms with van der Waals surface area (Å²) in [4.78, 5) is 0. The van der Waals surface area contributed by atoms with E-state index in [9.17, 15) is 5.11 Å². The first-order valence-electron chi connectivity index (χ1n) is 9.06. The number of thiophene rings is 1. The van der Waals surface area contributed by atoms with E-state index >= 15 is 0 Å². The first-order valence-corrected chi connectivity index (χ1v) is 10.3. The van der Waals surface area contributed by atoms with E-state index in [0.717, 1.165) is 15.2 Å². The maximum atomic E-state index is 10.3. The van der Waals surface area contributed by atoms with Crippen molar-refractivity contribution in [1.29, 1.82) is 0 Å². The molecule has 2 nitrogen and oxygen atoms in total. The van der Waals surface area contributed by atoms with Gasteiger partial charge in [-0.2, -0.15) is 0 Å². The van der Waals surface area contributed by atoms with Crippen LogP contribution in [0, 0.1) is 0 Å². The molecule has 1 heterocycles. The molecule has 0 radical (unpaired) electrons. The number of aliphatic hydroxyl groups is 1. The summed E-state index contributed by atoms with van der Waals surface area (Å²) in [7, 11) is 0.398. The highest BCUT2D eigenvalue weighted by atomic mass is 35.5. The van der Waals surface area contributed by atoms with Crippen LogP contribution in [0.5, 0.6) is 0 Å². The molecule has 0 spiro atoms. The maximum absolute atomic E-state index is 10.3. The van der Waals surface area contributed by atoms with E-state index in [2.05, 4.69) is 42.5 Å². The highest BCUT2D eigenvalue weighted by Gasteiger charge is 2.35. The van der Waals surface area contributed by atoms with Gasteiger partial charge in [0.1, 0.15) is 0 Å². The van der Waals surface area contributed by atoms with Gasteiger partial charge in [0, 0.05) is 15.5 Å². The number of rotatable bonds is 4. The van der Waals surface area contributed by atoms with Crippen LogP contribution in [0.15, 0.2) is 48.5 Å². The smallest absolute Gasteiger partial charge is 0.309 e. The van der Waals surface area contributed by atoms with Crippen molar-refractivity contribution in [1.82, 2.24) is 0 Å². The summed E-state index contributed by atoms with van der Waals surface area (Å²) in [5, 5.41) is 16.0. The fourth-order valence-electron chi connectivity index (χ4n) is 3.19. The van der Waals surface area contributed by atoms with E-state index in [0.29, 0.717) is 7.48 Å². The quantitative estimate of drug-likeness (QED) is 0.468. The minimum Gasteiger partial charge on any atom is -0.427 e. The fraction of sp³-hybridized carbons (Fsp3) is 0.273. The zero-order chi connectivity index (χ0) is 19.4. The highest BCUT2D eigenvalue weighted by Crippen LogP contribution is 2.40. The van der Waals surface area contributed by atoms with Crippen molar-refractivity contribution in [3.8, 4) is 0 Å². The Hall–Kier alpha value is -1.59. The number of halogens is 1. The lowest BCUT2D eigenvalue weighted by molar-refractivity contribution is -0.0893. The van der Waals surface area contributed by atoms with Crippen LogP contribution in [0.2, 0.25) is 5.02 Å². The van der Waals surface area contributed by atoms with Gasteiger partial charge in [-0.3, -0.25) is 0 Å². The summed E-state index contributed by atoms with van der Waals surface area (Å²) < 4.78 is 8.40. The molecule has 0 aliphatic rings. The van der Waals surface area contributed by atoms with Gasteiger partial charge in [-0.05, 0) is 50.6 Å². The highest BCUT2D eigenvalue weighted by molar-refractivity contribution is 7.26. The van der Waals surface area contributed by atoms with E-state index in [4.69, 9.17) is 16.3 Å². The fourth-order valence-corrected chi connectivity index (χ4v) is 4.65. The molecule has 0 amide bonds. The predicted molar refractivity (Wildman–Crippen MR) is 120 cm³/mol. The van der Waals surface area contributed by atoms with Crippen LogP contribution in [-0.4, -0.2) is 23.8 Å². The number of benzene rings is 3. The molecule has 0 aliphatic heterocycles. The minimum absolute atomic E-state index is 0.398. The Labute approximate surface area is 169 Å². The summed E-state index contributed by atoms with van der Waals surface area (Å²) in [6.45, 7) is 7.34. The van der Waals surface area contributed by atoms with Crippen molar-refractivity contribution in [2.75, 3.05) is 0 Å². The maximum Gasteiger partial charge on any atom is 0.309 e. The van der Waals surface area contributed by atoms with Crippen LogP contribution >= 0.6 is 22.9 Å². The predicted octanol–water partition coefficient (Wildman–Crippen LogP) is 5.40. The average Bonchev–Trinajstić information content (AvgIpc) is 2.99. The topological polar surface area (TPSA) is 29.5 Å². The largest absolute Gasteiger partial charge is 0.427 e. The lowest BCUT2D eigenvalue weighted by Crippen LogP contribution is -2.49. The second-order valence-electron chi connectivity index (χ2n) is 8.07. The molecule has 1 N–H and O–H groups in total. The third-order valence-electron chi connectivity index (χ3n) is 5.55. The Kier molecular flexibility index (Phi) is 4.51. The first-order chi connectivity index (χ1) is 12.7. The van der Waals surface area contributed by atoms with Crippen molar-refractivity contribution in [3.05, 3.63) is 53.6 Å². The first kappa shape index (κ1) is 18.8. The third kappa shape index (κ3) is 3.25.